The normalized spacial score (nSPS) is 20.7. The predicted molar refractivity (Wildman–Crippen MR) is 78.0 cm³/mol. The molecule has 1 aliphatic rings. The monoisotopic (exact) mass is 299 g/mol. The Morgan fingerprint density at radius 2 is 2.38 bits per heavy atom. The van der Waals surface area contributed by atoms with E-state index in [1.165, 1.54) is 0 Å². The second-order valence-electron chi connectivity index (χ2n) is 5.25. The number of ether oxygens (including phenoxy) is 3. The highest BCUT2D eigenvalue weighted by Gasteiger charge is 2.31. The molecule has 2 rings (SSSR count). The average molecular weight is 299 g/mol. The zero-order valence-corrected chi connectivity index (χ0v) is 12.9. The van der Waals surface area contributed by atoms with Crippen LogP contribution in [0.25, 0.3) is 0 Å². The maximum atomic E-state index is 5.76. The van der Waals surface area contributed by atoms with E-state index in [-0.39, 0.29) is 12.1 Å². The zero-order chi connectivity index (χ0) is 15.2. The number of likely N-dealkylation sites (N-methyl/N-ethyl adjacent to an activating group) is 1. The maximum absolute atomic E-state index is 5.76. The largest absolute Gasteiger partial charge is 0.493 e. The predicted octanol–water partition coefficient (Wildman–Crippen LogP) is -0.627. The second-order valence-corrected chi connectivity index (χ2v) is 5.25. The van der Waals surface area contributed by atoms with Crippen LogP contribution in [-0.2, 0) is 16.0 Å². The van der Waals surface area contributed by atoms with E-state index in [1.54, 1.807) is 13.3 Å². The lowest BCUT2D eigenvalue weighted by atomic mass is 10.1. The number of methoxy groups -OCH3 is 1. The van der Waals surface area contributed by atoms with Crippen molar-refractivity contribution in [2.24, 2.45) is 5.84 Å². The number of aromatic nitrogens is 2. The van der Waals surface area contributed by atoms with Crippen LogP contribution in [0, 0.1) is 0 Å². The van der Waals surface area contributed by atoms with Crippen LogP contribution in [0.5, 0.6) is 5.75 Å². The van der Waals surface area contributed by atoms with Gasteiger partial charge in [0.2, 0.25) is 0 Å². The van der Waals surface area contributed by atoms with Crippen molar-refractivity contribution in [2.75, 3.05) is 47.6 Å². The first-order valence-electron chi connectivity index (χ1n) is 7.07. The minimum absolute atomic E-state index is 0.160. The standard InChI is InChI=1S/C13H25N5O3/c1-17(2)4-5-18-13(10(19-3)8-15-18)12(16-14)11-9-20-6-7-21-11/h8,11-12,16H,4-7,9,14H2,1-3H3. The summed E-state index contributed by atoms with van der Waals surface area (Å²) in [4.78, 5) is 2.10. The van der Waals surface area contributed by atoms with E-state index in [0.717, 1.165) is 18.8 Å². The maximum Gasteiger partial charge on any atom is 0.161 e. The zero-order valence-electron chi connectivity index (χ0n) is 12.9. The Bertz CT molecular complexity index is 431. The molecule has 2 unspecified atom stereocenters. The highest BCUT2D eigenvalue weighted by Crippen LogP contribution is 2.29. The number of hydrogen-bond acceptors (Lipinski definition) is 7. The topological polar surface area (TPSA) is 86.8 Å². The molecule has 0 bridgehead atoms. The fraction of sp³-hybridized carbons (Fsp3) is 0.769. The van der Waals surface area contributed by atoms with E-state index in [4.69, 9.17) is 20.1 Å². The summed E-state index contributed by atoms with van der Waals surface area (Å²) in [6, 6.07) is -0.232. The van der Waals surface area contributed by atoms with Gasteiger partial charge in [0.25, 0.3) is 0 Å². The molecule has 1 aliphatic heterocycles. The highest BCUT2D eigenvalue weighted by molar-refractivity contribution is 5.29. The molecule has 120 valence electrons. The molecule has 0 radical (unpaired) electrons. The second kappa shape index (κ2) is 7.71. The van der Waals surface area contributed by atoms with Crippen LogP contribution in [0.2, 0.25) is 0 Å². The molecule has 1 aromatic heterocycles. The van der Waals surface area contributed by atoms with Crippen LogP contribution in [0.1, 0.15) is 11.7 Å². The molecule has 0 aromatic carbocycles. The van der Waals surface area contributed by atoms with Gasteiger partial charge >= 0.3 is 0 Å². The molecule has 0 aliphatic carbocycles. The van der Waals surface area contributed by atoms with Gasteiger partial charge in [0.1, 0.15) is 11.8 Å². The van der Waals surface area contributed by atoms with Crippen molar-refractivity contribution in [3.8, 4) is 5.75 Å². The van der Waals surface area contributed by atoms with Gasteiger partial charge in [-0.2, -0.15) is 5.10 Å². The third-order valence-corrected chi connectivity index (χ3v) is 3.51. The summed E-state index contributed by atoms with van der Waals surface area (Å²) in [7, 11) is 5.68. The Balaban J connectivity index is 2.22. The summed E-state index contributed by atoms with van der Waals surface area (Å²) in [6.45, 7) is 3.30. The van der Waals surface area contributed by atoms with Gasteiger partial charge in [0, 0.05) is 6.54 Å². The van der Waals surface area contributed by atoms with E-state index in [2.05, 4.69) is 15.4 Å². The molecule has 21 heavy (non-hydrogen) atoms. The van der Waals surface area contributed by atoms with Crippen molar-refractivity contribution in [2.45, 2.75) is 18.7 Å². The van der Waals surface area contributed by atoms with Crippen LogP contribution < -0.4 is 16.0 Å². The minimum Gasteiger partial charge on any atom is -0.493 e. The molecule has 8 nitrogen and oxygen atoms in total. The first kappa shape index (κ1) is 16.2. The molecule has 8 heteroatoms. The Morgan fingerprint density at radius 3 is 2.95 bits per heavy atom. The fourth-order valence-electron chi connectivity index (χ4n) is 2.38. The van der Waals surface area contributed by atoms with Gasteiger partial charge in [0.15, 0.2) is 5.75 Å². The molecule has 2 heterocycles. The van der Waals surface area contributed by atoms with Crippen LogP contribution in [0.3, 0.4) is 0 Å². The highest BCUT2D eigenvalue weighted by atomic mass is 16.6. The molecular weight excluding hydrogens is 274 g/mol. The fourth-order valence-corrected chi connectivity index (χ4v) is 2.38. The third kappa shape index (κ3) is 3.92. The van der Waals surface area contributed by atoms with Gasteiger partial charge < -0.3 is 19.1 Å². The molecule has 0 amide bonds. The van der Waals surface area contributed by atoms with Gasteiger partial charge in [-0.1, -0.05) is 0 Å². The van der Waals surface area contributed by atoms with Gasteiger partial charge in [-0.15, -0.1) is 0 Å². The molecule has 1 fully saturated rings. The molecule has 0 spiro atoms. The summed E-state index contributed by atoms with van der Waals surface area (Å²) in [5.74, 6) is 6.45. The first-order chi connectivity index (χ1) is 10.2. The summed E-state index contributed by atoms with van der Waals surface area (Å²) in [6.07, 6.45) is 1.55. The van der Waals surface area contributed by atoms with Gasteiger partial charge in [0.05, 0.1) is 45.7 Å². The smallest absolute Gasteiger partial charge is 0.161 e. The minimum atomic E-state index is -0.232. The van der Waals surface area contributed by atoms with Crippen molar-refractivity contribution < 1.29 is 14.2 Å². The lowest BCUT2D eigenvalue weighted by Crippen LogP contribution is -2.44. The molecule has 3 N–H and O–H groups in total. The van der Waals surface area contributed by atoms with Gasteiger partial charge in [-0.05, 0) is 14.1 Å². The number of nitrogens with one attached hydrogen (secondary N) is 1. The molecule has 2 atom stereocenters. The van der Waals surface area contributed by atoms with E-state index in [0.29, 0.717) is 25.6 Å². The van der Waals surface area contributed by atoms with Crippen LogP contribution in [0.15, 0.2) is 6.20 Å². The summed E-state index contributed by atoms with van der Waals surface area (Å²) >= 11 is 0. The van der Waals surface area contributed by atoms with E-state index in [9.17, 15) is 0 Å². The van der Waals surface area contributed by atoms with Gasteiger partial charge in [-0.3, -0.25) is 10.5 Å². The van der Waals surface area contributed by atoms with Crippen LogP contribution >= 0.6 is 0 Å². The quantitative estimate of drug-likeness (QED) is 0.512. The van der Waals surface area contributed by atoms with Crippen molar-refractivity contribution in [3.05, 3.63) is 11.9 Å². The van der Waals surface area contributed by atoms with Gasteiger partial charge in [-0.25, -0.2) is 5.43 Å². The first-order valence-corrected chi connectivity index (χ1v) is 7.07. The van der Waals surface area contributed by atoms with Crippen molar-refractivity contribution in [3.63, 3.8) is 0 Å². The Kier molecular flexibility index (Phi) is 5.95. The number of nitrogens with zero attached hydrogens (tertiary/aromatic N) is 3. The number of hydrogen-bond donors (Lipinski definition) is 2. The molecule has 1 saturated heterocycles. The van der Waals surface area contributed by atoms with Crippen molar-refractivity contribution in [1.82, 2.24) is 20.1 Å². The lowest BCUT2D eigenvalue weighted by molar-refractivity contribution is -0.103. The van der Waals surface area contributed by atoms with Crippen LogP contribution in [-0.4, -0.2) is 68.4 Å². The van der Waals surface area contributed by atoms with E-state index < -0.39 is 0 Å². The number of rotatable bonds is 7. The molecular formula is C13H25N5O3. The Labute approximate surface area is 125 Å². The SMILES string of the molecule is COc1cnn(CCN(C)C)c1C(NN)C1COCCO1. The van der Waals surface area contributed by atoms with Crippen molar-refractivity contribution in [1.29, 1.82) is 0 Å². The Morgan fingerprint density at radius 1 is 1.57 bits per heavy atom. The summed E-state index contributed by atoms with van der Waals surface area (Å²) in [5.41, 5.74) is 3.70. The molecule has 0 saturated carbocycles. The lowest BCUT2D eigenvalue weighted by Gasteiger charge is -2.30. The summed E-state index contributed by atoms with van der Waals surface area (Å²) in [5, 5.41) is 4.40. The third-order valence-electron chi connectivity index (χ3n) is 3.51. The number of hydrazine groups is 1. The average Bonchev–Trinajstić information content (AvgIpc) is 2.90. The number of nitrogens with two attached hydrogens (primary N) is 1. The Hall–Kier alpha value is -1.19. The van der Waals surface area contributed by atoms with E-state index in [1.807, 2.05) is 18.8 Å². The summed E-state index contributed by atoms with van der Waals surface area (Å²) < 4.78 is 18.6. The van der Waals surface area contributed by atoms with E-state index >= 15 is 0 Å². The van der Waals surface area contributed by atoms with Crippen LogP contribution in [0.4, 0.5) is 0 Å². The van der Waals surface area contributed by atoms with Crippen molar-refractivity contribution >= 4 is 0 Å². The molecule has 1 aromatic rings.